The van der Waals surface area contributed by atoms with Crippen molar-refractivity contribution in [1.29, 1.82) is 5.26 Å². The van der Waals surface area contributed by atoms with Gasteiger partial charge in [0, 0.05) is 34.9 Å². The van der Waals surface area contributed by atoms with Crippen LogP contribution in [0.3, 0.4) is 0 Å². The molecule has 2 aromatic rings. The molecule has 5 heterocycles. The van der Waals surface area contributed by atoms with Gasteiger partial charge in [-0.2, -0.15) is 5.26 Å². The number of hydrogen-bond donors (Lipinski definition) is 1. The molecule has 2 aromatic carbocycles. The zero-order valence-corrected chi connectivity index (χ0v) is 36.0. The van der Waals surface area contributed by atoms with Gasteiger partial charge in [-0.15, -0.1) is 11.8 Å². The first-order valence-electron chi connectivity index (χ1n) is 18.7. The van der Waals surface area contributed by atoms with Crippen molar-refractivity contribution >= 4 is 70.7 Å². The Hall–Kier alpha value is -4.73. The molecule has 16 nitrogen and oxygen atoms in total. The third-order valence-corrected chi connectivity index (χ3v) is 12.6. The highest BCUT2D eigenvalue weighted by Gasteiger charge is 2.63. The number of ether oxygens (including phenoxy) is 8. The Morgan fingerprint density at radius 3 is 2.45 bits per heavy atom. The fourth-order valence-electron chi connectivity index (χ4n) is 8.86. The molecule has 2 fully saturated rings. The summed E-state index contributed by atoms with van der Waals surface area (Å²) in [5.41, 5.74) is 3.57. The number of nitrogens with zero attached hydrogens (tertiary/aromatic N) is 3. The Morgan fingerprint density at radius 1 is 1.05 bits per heavy atom. The molecule has 0 saturated carbocycles. The van der Waals surface area contributed by atoms with Crippen molar-refractivity contribution in [1.82, 2.24) is 15.1 Å². The highest BCUT2D eigenvalue weighted by Crippen LogP contribution is 2.64. The minimum Gasteiger partial charge on any atom is -0.493 e. The summed E-state index contributed by atoms with van der Waals surface area (Å²) in [4.78, 5) is 57.9. The molecule has 1 unspecified atom stereocenters. The second-order valence-corrected chi connectivity index (χ2v) is 18.1. The second kappa shape index (κ2) is 17.3. The minimum atomic E-state index is -1.92. The molecule has 4 bridgehead atoms. The van der Waals surface area contributed by atoms with Crippen LogP contribution in [0.15, 0.2) is 31.4 Å². The van der Waals surface area contributed by atoms with Gasteiger partial charge in [0.1, 0.15) is 44.3 Å². The van der Waals surface area contributed by atoms with E-state index in [9.17, 15) is 24.4 Å². The molecule has 5 aliphatic rings. The van der Waals surface area contributed by atoms with Crippen LogP contribution < -0.4 is 29.0 Å². The molecule has 0 aliphatic carbocycles. The van der Waals surface area contributed by atoms with Gasteiger partial charge in [-0.3, -0.25) is 14.6 Å². The van der Waals surface area contributed by atoms with Gasteiger partial charge in [-0.05, 0) is 31.4 Å². The van der Waals surface area contributed by atoms with E-state index in [1.54, 1.807) is 17.9 Å². The van der Waals surface area contributed by atoms with E-state index in [0.717, 1.165) is 11.1 Å². The monoisotopic (exact) mass is 906 g/mol. The van der Waals surface area contributed by atoms with Crippen molar-refractivity contribution < 1.29 is 57.1 Å². The fraction of sp³-hybridized carbons (Fsp3) is 0.475. The Kier molecular flexibility index (Phi) is 12.5. The highest BCUT2D eigenvalue weighted by molar-refractivity contribution is 7.99. The van der Waals surface area contributed by atoms with Crippen LogP contribution in [0.1, 0.15) is 57.6 Å². The van der Waals surface area contributed by atoms with Gasteiger partial charge in [0.05, 0.1) is 42.6 Å². The third kappa shape index (κ3) is 7.72. The van der Waals surface area contributed by atoms with E-state index in [-0.39, 0.29) is 44.5 Å². The summed E-state index contributed by atoms with van der Waals surface area (Å²) in [5.74, 6) is -0.00739. The summed E-state index contributed by atoms with van der Waals surface area (Å²) in [5, 5.41) is 12.9. The van der Waals surface area contributed by atoms with Gasteiger partial charge in [-0.25, -0.2) is 14.4 Å². The number of carbonyl (C=O) groups is 4. The first kappa shape index (κ1) is 43.4. The first-order valence-corrected chi connectivity index (χ1v) is 20.9. The molecule has 0 spiro atoms. The van der Waals surface area contributed by atoms with Crippen LogP contribution >= 0.6 is 46.6 Å². The lowest BCUT2D eigenvalue weighted by Gasteiger charge is -2.61. The number of amides is 2. The number of carbonyl (C=O) groups excluding carboxylic acids is 4. The molecule has 7 atom stereocenters. The zero-order chi connectivity index (χ0) is 43.2. The van der Waals surface area contributed by atoms with Crippen molar-refractivity contribution in [2.24, 2.45) is 0 Å². The van der Waals surface area contributed by atoms with Gasteiger partial charge < -0.3 is 43.2 Å². The first-order chi connectivity index (χ1) is 28.6. The van der Waals surface area contributed by atoms with Crippen LogP contribution in [-0.4, -0.2) is 108 Å². The predicted octanol–water partition coefficient (Wildman–Crippen LogP) is 6.25. The summed E-state index contributed by atoms with van der Waals surface area (Å²) >= 11 is 18.6. The van der Waals surface area contributed by atoms with Gasteiger partial charge in [0.25, 0.3) is 0 Å². The molecule has 20 heteroatoms. The van der Waals surface area contributed by atoms with E-state index in [2.05, 4.69) is 24.5 Å². The van der Waals surface area contributed by atoms with E-state index in [1.807, 2.05) is 17.9 Å². The van der Waals surface area contributed by atoms with E-state index >= 15 is 0 Å². The number of alkyl carbamates (subject to hydrolysis) is 1. The van der Waals surface area contributed by atoms with Crippen LogP contribution in [0.2, 0.25) is 0 Å². The number of benzene rings is 2. The number of nitrogens with one attached hydrogen (secondary N) is 1. The molecule has 5 aliphatic heterocycles. The molecule has 0 radical (unpaired) electrons. The lowest BCUT2D eigenvalue weighted by atomic mass is 9.71. The summed E-state index contributed by atoms with van der Waals surface area (Å²) < 4.78 is 45.5. The van der Waals surface area contributed by atoms with E-state index in [1.165, 1.54) is 31.9 Å². The Bertz CT molecular complexity index is 2180. The number of thioether (sulfide) groups is 1. The molecule has 7 rings (SSSR count). The molecule has 1 N–H and O–H groups in total. The SMILES string of the molecule is C=CCOC(=O)N1[C@H]2Cc3cc(C)c(OC)c(OCC=C)c3[C@H]1[C@@H]1C3SC[C@H](NC(=O)OCC(Cl)(Cl)Cl)C(=O)OC[C@@H](c4c5c(c(C)c(OC(C)=O)c43)OCO5)N1[C@H]2C#N. The summed E-state index contributed by atoms with van der Waals surface area (Å²) in [7, 11) is 1.52. The number of rotatable bonds is 9. The average molecular weight is 908 g/mol. The van der Waals surface area contributed by atoms with Gasteiger partial charge in [0.2, 0.25) is 10.6 Å². The molecule has 320 valence electrons. The summed E-state index contributed by atoms with van der Waals surface area (Å²) in [6, 6.07) is -1.52. The number of esters is 2. The Balaban J connectivity index is 1.52. The number of methoxy groups -OCH3 is 1. The third-order valence-electron chi connectivity index (χ3n) is 10.9. The largest absolute Gasteiger partial charge is 0.493 e. The van der Waals surface area contributed by atoms with E-state index in [0.29, 0.717) is 45.3 Å². The van der Waals surface area contributed by atoms with Crippen molar-refractivity contribution in [3.05, 3.63) is 64.8 Å². The summed E-state index contributed by atoms with van der Waals surface area (Å²) in [6.45, 7) is 11.2. The molecule has 2 amide bonds. The van der Waals surface area contributed by atoms with Crippen LogP contribution in [0.4, 0.5) is 9.59 Å². The van der Waals surface area contributed by atoms with Crippen LogP contribution in [0.25, 0.3) is 0 Å². The maximum Gasteiger partial charge on any atom is 0.411 e. The Morgan fingerprint density at radius 2 is 1.78 bits per heavy atom. The molecule has 2 saturated heterocycles. The van der Waals surface area contributed by atoms with Crippen molar-refractivity contribution in [2.75, 3.05) is 46.1 Å². The topological polar surface area (TPSA) is 184 Å². The number of fused-ring (bicyclic) bond motifs is 9. The smallest absolute Gasteiger partial charge is 0.411 e. The number of alkyl halides is 3. The molecular weight excluding hydrogens is 867 g/mol. The van der Waals surface area contributed by atoms with Crippen molar-refractivity contribution in [2.45, 2.75) is 72.5 Å². The fourth-order valence-corrected chi connectivity index (χ4v) is 10.5. The maximum atomic E-state index is 14.5. The highest BCUT2D eigenvalue weighted by atomic mass is 35.6. The number of cyclic esters (lactones) is 1. The second-order valence-electron chi connectivity index (χ2n) is 14.5. The number of halogens is 3. The molecule has 60 heavy (non-hydrogen) atoms. The normalized spacial score (nSPS) is 24.9. The van der Waals surface area contributed by atoms with Gasteiger partial charge >= 0.3 is 24.1 Å². The molecular formula is C40H41Cl3N4O12S. The number of aryl methyl sites for hydroxylation is 1. The minimum absolute atomic E-state index is 0.0824. The number of nitriles is 1. The lowest BCUT2D eigenvalue weighted by Crippen LogP contribution is -2.71. The van der Waals surface area contributed by atoms with Gasteiger partial charge in [0.15, 0.2) is 23.0 Å². The van der Waals surface area contributed by atoms with E-state index < -0.39 is 76.0 Å². The number of hydrogen-bond acceptors (Lipinski definition) is 15. The zero-order valence-electron chi connectivity index (χ0n) is 32.9. The van der Waals surface area contributed by atoms with Crippen LogP contribution in [0, 0.1) is 25.2 Å². The Labute approximate surface area is 364 Å². The van der Waals surface area contributed by atoms with Crippen LogP contribution in [-0.2, 0) is 30.2 Å². The van der Waals surface area contributed by atoms with Crippen molar-refractivity contribution in [3.8, 4) is 34.8 Å². The number of piperazine rings is 1. The van der Waals surface area contributed by atoms with Crippen LogP contribution in [0.5, 0.6) is 28.7 Å². The van der Waals surface area contributed by atoms with Crippen molar-refractivity contribution in [3.63, 3.8) is 0 Å². The lowest BCUT2D eigenvalue weighted by molar-refractivity contribution is -0.151. The average Bonchev–Trinajstić information content (AvgIpc) is 3.70. The molecule has 0 aromatic heterocycles. The van der Waals surface area contributed by atoms with Gasteiger partial charge in [-0.1, -0.05) is 66.2 Å². The van der Waals surface area contributed by atoms with E-state index in [4.69, 9.17) is 72.7 Å². The summed E-state index contributed by atoms with van der Waals surface area (Å²) in [6.07, 6.45) is 1.46. The standard InChI is InChI=1S/C40H41Cl3N4O12S/c1-7-9-53-34-26-21(11-18(3)31(34)52-6)12-23-24(13-44)46-25-14-55-37(49)22(45-38(50)56-16-40(41,42)43)15-60-36(30(46)29(26)47(23)39(51)54-10-8-2)28-27(25)35-33(57-17-58-35)19(4)32(28)59-20(5)48/h7-8,11,22-25,29-30,36H,1-2,9-10,12,14-17H2,3-6H3,(H,45,50)/t22-,23-,24-,25-,29-,30+,36?/m0/s1. The predicted molar refractivity (Wildman–Crippen MR) is 218 cm³/mol. The quantitative estimate of drug-likeness (QED) is 0.0979. The maximum absolute atomic E-state index is 14.5.